The Balaban J connectivity index is 1.46. The number of rotatable bonds is 3. The van der Waals surface area contributed by atoms with E-state index in [0.717, 1.165) is 0 Å². The molecule has 0 radical (unpaired) electrons. The third-order valence-corrected chi connectivity index (χ3v) is 5.98. The van der Waals surface area contributed by atoms with Gasteiger partial charge in [-0.3, -0.25) is 9.13 Å². The molecule has 2 aromatic carbocycles. The van der Waals surface area contributed by atoms with E-state index in [9.17, 15) is 22.4 Å². The van der Waals surface area contributed by atoms with Gasteiger partial charge in [-0.15, -0.1) is 0 Å². The summed E-state index contributed by atoms with van der Waals surface area (Å²) in [6, 6.07) is 8.33. The summed E-state index contributed by atoms with van der Waals surface area (Å²) in [5.74, 6) is -0.220. The molecule has 1 aliphatic heterocycles. The summed E-state index contributed by atoms with van der Waals surface area (Å²) in [6.45, 7) is 0.224. The van der Waals surface area contributed by atoms with Crippen LogP contribution in [0, 0.1) is 5.82 Å². The van der Waals surface area contributed by atoms with Gasteiger partial charge >= 0.3 is 11.9 Å². The standard InChI is InChI=1S/C23H16F4N6O2/c24-14-3-1-2-13-17(6-7-35-19(13)14)33-20-16(30-22(33)34)10-28-21(31-20)32-11-29-15-8-12(4-5-18(15)32)9-23(25,26)27/h1-5,8,10-11,17H,6-7,9H2,(H,30,34)/t17-/m1/s1. The van der Waals surface area contributed by atoms with E-state index in [4.69, 9.17) is 4.74 Å². The van der Waals surface area contributed by atoms with Crippen molar-refractivity contribution in [3.8, 4) is 11.7 Å². The van der Waals surface area contributed by atoms with Gasteiger partial charge in [0, 0.05) is 12.0 Å². The molecule has 0 saturated heterocycles. The van der Waals surface area contributed by atoms with Crippen molar-refractivity contribution >= 4 is 22.2 Å². The lowest BCUT2D eigenvalue weighted by Crippen LogP contribution is -2.28. The second-order valence-corrected chi connectivity index (χ2v) is 8.25. The van der Waals surface area contributed by atoms with Crippen LogP contribution in [-0.4, -0.2) is 41.9 Å². The van der Waals surface area contributed by atoms with Crippen LogP contribution in [0.3, 0.4) is 0 Å². The molecule has 178 valence electrons. The number of alkyl halides is 3. The number of nitrogens with zero attached hydrogens (tertiary/aromatic N) is 5. The minimum atomic E-state index is -4.33. The number of para-hydroxylation sites is 1. The first-order valence-corrected chi connectivity index (χ1v) is 10.7. The number of aromatic amines is 1. The summed E-state index contributed by atoms with van der Waals surface area (Å²) in [7, 11) is 0. The Morgan fingerprint density at radius 2 is 2.03 bits per heavy atom. The number of imidazole rings is 2. The molecule has 1 N–H and O–H groups in total. The van der Waals surface area contributed by atoms with E-state index >= 15 is 0 Å². The lowest BCUT2D eigenvalue weighted by molar-refractivity contribution is -0.127. The van der Waals surface area contributed by atoms with Gasteiger partial charge in [-0.1, -0.05) is 18.2 Å². The quantitative estimate of drug-likeness (QED) is 0.390. The number of benzene rings is 2. The smallest absolute Gasteiger partial charge is 0.393 e. The Bertz CT molecular complexity index is 1650. The summed E-state index contributed by atoms with van der Waals surface area (Å²) < 4.78 is 61.1. The second-order valence-electron chi connectivity index (χ2n) is 8.25. The van der Waals surface area contributed by atoms with Crippen LogP contribution in [0.2, 0.25) is 0 Å². The predicted octanol–water partition coefficient (Wildman–Crippen LogP) is 4.07. The van der Waals surface area contributed by atoms with E-state index in [-0.39, 0.29) is 23.9 Å². The number of hydrogen-bond acceptors (Lipinski definition) is 5. The number of halogens is 4. The van der Waals surface area contributed by atoms with E-state index in [2.05, 4.69) is 19.9 Å². The highest BCUT2D eigenvalue weighted by Gasteiger charge is 2.29. The summed E-state index contributed by atoms with van der Waals surface area (Å²) in [5, 5.41) is 0. The van der Waals surface area contributed by atoms with Crippen molar-refractivity contribution in [3.63, 3.8) is 0 Å². The molecule has 0 aliphatic carbocycles. The number of aromatic nitrogens is 6. The fourth-order valence-electron chi connectivity index (χ4n) is 4.51. The Labute approximate surface area is 193 Å². The van der Waals surface area contributed by atoms with Crippen molar-refractivity contribution in [2.45, 2.75) is 25.1 Å². The molecule has 5 aromatic rings. The van der Waals surface area contributed by atoms with Crippen LogP contribution in [0.4, 0.5) is 17.6 Å². The molecule has 12 heteroatoms. The first kappa shape index (κ1) is 21.3. The Kier molecular flexibility index (Phi) is 4.66. The van der Waals surface area contributed by atoms with Gasteiger partial charge in [0.15, 0.2) is 17.2 Å². The zero-order valence-corrected chi connectivity index (χ0v) is 17.9. The Hall–Kier alpha value is -4.22. The molecular weight excluding hydrogens is 468 g/mol. The molecule has 1 atom stereocenters. The van der Waals surface area contributed by atoms with Gasteiger partial charge in [0.2, 0.25) is 5.95 Å². The van der Waals surface area contributed by atoms with E-state index in [1.165, 1.54) is 45.9 Å². The minimum Gasteiger partial charge on any atom is -0.490 e. The second kappa shape index (κ2) is 7.65. The fourth-order valence-corrected chi connectivity index (χ4v) is 4.51. The van der Waals surface area contributed by atoms with Crippen molar-refractivity contribution in [1.29, 1.82) is 0 Å². The van der Waals surface area contributed by atoms with Crippen LogP contribution in [0.15, 0.2) is 53.7 Å². The normalized spacial score (nSPS) is 15.9. The van der Waals surface area contributed by atoms with Crippen molar-refractivity contribution in [2.24, 2.45) is 0 Å². The molecule has 0 bridgehead atoms. The van der Waals surface area contributed by atoms with Crippen LogP contribution in [0.1, 0.15) is 23.6 Å². The fraction of sp³-hybridized carbons (Fsp3) is 0.217. The first-order chi connectivity index (χ1) is 16.8. The van der Waals surface area contributed by atoms with Crippen LogP contribution in [0.5, 0.6) is 5.75 Å². The van der Waals surface area contributed by atoms with Gasteiger partial charge in [0.25, 0.3) is 0 Å². The number of ether oxygens (including phenoxy) is 1. The van der Waals surface area contributed by atoms with Crippen LogP contribution in [-0.2, 0) is 6.42 Å². The average Bonchev–Trinajstić information content (AvgIpc) is 3.37. The van der Waals surface area contributed by atoms with E-state index in [1.807, 2.05) is 0 Å². The average molecular weight is 484 g/mol. The molecule has 0 fully saturated rings. The molecule has 0 amide bonds. The molecule has 1 aliphatic rings. The topological polar surface area (TPSA) is 90.6 Å². The minimum absolute atomic E-state index is 0.0940. The molecule has 8 nitrogen and oxygen atoms in total. The SMILES string of the molecule is O=c1[nH]c2cnc(-n3cnc4cc(CC(F)(F)F)ccc43)nc2n1[C@@H]1CCOc2c(F)cccc21. The Morgan fingerprint density at radius 1 is 1.17 bits per heavy atom. The van der Waals surface area contributed by atoms with E-state index in [1.54, 1.807) is 12.1 Å². The largest absolute Gasteiger partial charge is 0.490 e. The highest BCUT2D eigenvalue weighted by Crippen LogP contribution is 2.37. The maximum Gasteiger partial charge on any atom is 0.393 e. The lowest BCUT2D eigenvalue weighted by Gasteiger charge is -2.26. The van der Waals surface area contributed by atoms with Gasteiger partial charge in [-0.25, -0.2) is 19.2 Å². The number of hydrogen-bond donors (Lipinski definition) is 1. The number of nitrogens with one attached hydrogen (secondary N) is 1. The summed E-state index contributed by atoms with van der Waals surface area (Å²) >= 11 is 0. The Morgan fingerprint density at radius 3 is 2.86 bits per heavy atom. The molecule has 35 heavy (non-hydrogen) atoms. The number of fused-ring (bicyclic) bond motifs is 3. The maximum atomic E-state index is 14.3. The summed E-state index contributed by atoms with van der Waals surface area (Å²) in [5.41, 5.74) is 1.76. The lowest BCUT2D eigenvalue weighted by atomic mass is 10.00. The zero-order chi connectivity index (χ0) is 24.3. The maximum absolute atomic E-state index is 14.3. The molecular formula is C23H16F4N6O2. The molecule has 0 unspecified atom stereocenters. The molecule has 4 heterocycles. The van der Waals surface area contributed by atoms with Crippen LogP contribution < -0.4 is 10.4 Å². The summed E-state index contributed by atoms with van der Waals surface area (Å²) in [6.07, 6.45) is -2.09. The van der Waals surface area contributed by atoms with Gasteiger partial charge in [-0.2, -0.15) is 18.2 Å². The van der Waals surface area contributed by atoms with Crippen molar-refractivity contribution in [1.82, 2.24) is 29.1 Å². The molecule has 3 aromatic heterocycles. The highest BCUT2D eigenvalue weighted by atomic mass is 19.4. The zero-order valence-electron chi connectivity index (χ0n) is 17.9. The third kappa shape index (κ3) is 3.61. The third-order valence-electron chi connectivity index (χ3n) is 5.98. The van der Waals surface area contributed by atoms with Crippen molar-refractivity contribution in [3.05, 3.63) is 76.4 Å². The molecule has 0 spiro atoms. The van der Waals surface area contributed by atoms with E-state index < -0.39 is 30.1 Å². The van der Waals surface area contributed by atoms with Gasteiger partial charge in [0.1, 0.15) is 11.8 Å². The molecule has 6 rings (SSSR count). The van der Waals surface area contributed by atoms with Gasteiger partial charge < -0.3 is 9.72 Å². The van der Waals surface area contributed by atoms with Gasteiger partial charge in [-0.05, 0) is 23.8 Å². The van der Waals surface area contributed by atoms with Crippen molar-refractivity contribution in [2.75, 3.05) is 6.61 Å². The monoisotopic (exact) mass is 484 g/mol. The van der Waals surface area contributed by atoms with Crippen LogP contribution >= 0.6 is 0 Å². The van der Waals surface area contributed by atoms with Gasteiger partial charge in [0.05, 0.1) is 36.3 Å². The predicted molar refractivity (Wildman–Crippen MR) is 117 cm³/mol. The molecule has 0 saturated carbocycles. The number of H-pyrrole nitrogens is 1. The van der Waals surface area contributed by atoms with Crippen molar-refractivity contribution < 1.29 is 22.3 Å². The summed E-state index contributed by atoms with van der Waals surface area (Å²) in [4.78, 5) is 28.7. The first-order valence-electron chi connectivity index (χ1n) is 10.7. The van der Waals surface area contributed by atoms with E-state index in [0.29, 0.717) is 34.2 Å². The highest BCUT2D eigenvalue weighted by molar-refractivity contribution is 5.78. The van der Waals surface area contributed by atoms with Crippen LogP contribution in [0.25, 0.3) is 28.1 Å².